The van der Waals surface area contributed by atoms with E-state index in [-0.39, 0.29) is 24.5 Å². The first-order valence-electron chi connectivity index (χ1n) is 5.57. The van der Waals surface area contributed by atoms with Gasteiger partial charge in [-0.1, -0.05) is 0 Å². The van der Waals surface area contributed by atoms with Gasteiger partial charge in [-0.05, 0) is 26.2 Å². The van der Waals surface area contributed by atoms with E-state index in [2.05, 4.69) is 5.32 Å². The molecule has 5 heteroatoms. The van der Waals surface area contributed by atoms with Crippen molar-refractivity contribution in [1.82, 2.24) is 10.2 Å². The molecule has 0 spiro atoms. The SMILES string of the molecule is CN(C)CCNC(=O)CCC(=O)c1ccco1. The van der Waals surface area contributed by atoms with E-state index >= 15 is 0 Å². The van der Waals surface area contributed by atoms with Gasteiger partial charge < -0.3 is 14.6 Å². The minimum atomic E-state index is -0.141. The van der Waals surface area contributed by atoms with Crippen molar-refractivity contribution < 1.29 is 14.0 Å². The van der Waals surface area contributed by atoms with Crippen molar-refractivity contribution in [3.63, 3.8) is 0 Å². The Morgan fingerprint density at radius 2 is 2.12 bits per heavy atom. The maximum Gasteiger partial charge on any atom is 0.220 e. The average Bonchev–Trinajstić information content (AvgIpc) is 2.78. The minimum absolute atomic E-state index is 0.105. The van der Waals surface area contributed by atoms with Gasteiger partial charge in [0.15, 0.2) is 11.5 Å². The fourth-order valence-electron chi connectivity index (χ4n) is 1.29. The molecule has 1 aromatic heterocycles. The summed E-state index contributed by atoms with van der Waals surface area (Å²) in [5.41, 5.74) is 0. The second-order valence-corrected chi connectivity index (χ2v) is 4.05. The number of carbonyl (C=O) groups excluding carboxylic acids is 2. The van der Waals surface area contributed by atoms with Crippen LogP contribution in [0.1, 0.15) is 23.4 Å². The fourth-order valence-corrected chi connectivity index (χ4v) is 1.29. The van der Waals surface area contributed by atoms with Crippen LogP contribution in [-0.4, -0.2) is 43.8 Å². The number of nitrogens with one attached hydrogen (secondary N) is 1. The van der Waals surface area contributed by atoms with Crippen LogP contribution in [0.3, 0.4) is 0 Å². The highest BCUT2D eigenvalue weighted by Crippen LogP contribution is 2.05. The van der Waals surface area contributed by atoms with Gasteiger partial charge in [-0.25, -0.2) is 0 Å². The van der Waals surface area contributed by atoms with E-state index in [0.29, 0.717) is 12.3 Å². The zero-order valence-corrected chi connectivity index (χ0v) is 10.2. The lowest BCUT2D eigenvalue weighted by Crippen LogP contribution is -2.31. The van der Waals surface area contributed by atoms with Crippen molar-refractivity contribution in [2.45, 2.75) is 12.8 Å². The number of amides is 1. The molecule has 0 aliphatic rings. The molecule has 0 bridgehead atoms. The van der Waals surface area contributed by atoms with Crippen molar-refractivity contribution in [1.29, 1.82) is 0 Å². The Kier molecular flexibility index (Phi) is 5.42. The molecule has 5 nitrogen and oxygen atoms in total. The Balaban J connectivity index is 2.18. The molecule has 0 unspecified atom stereocenters. The van der Waals surface area contributed by atoms with E-state index in [0.717, 1.165) is 6.54 Å². The van der Waals surface area contributed by atoms with Crippen LogP contribution < -0.4 is 5.32 Å². The summed E-state index contributed by atoms with van der Waals surface area (Å²) in [6.07, 6.45) is 1.83. The molecular weight excluding hydrogens is 220 g/mol. The smallest absolute Gasteiger partial charge is 0.220 e. The standard InChI is InChI=1S/C12H18N2O3/c1-14(2)8-7-13-12(16)6-5-10(15)11-4-3-9-17-11/h3-4,9H,5-8H2,1-2H3,(H,13,16). The van der Waals surface area contributed by atoms with E-state index in [9.17, 15) is 9.59 Å². The predicted octanol–water partition coefficient (Wildman–Crippen LogP) is 0.920. The Hall–Kier alpha value is -1.62. The highest BCUT2D eigenvalue weighted by Gasteiger charge is 2.10. The van der Waals surface area contributed by atoms with E-state index in [4.69, 9.17) is 4.42 Å². The van der Waals surface area contributed by atoms with Crippen LogP contribution in [-0.2, 0) is 4.79 Å². The van der Waals surface area contributed by atoms with Gasteiger partial charge in [-0.15, -0.1) is 0 Å². The summed E-state index contributed by atoms with van der Waals surface area (Å²) in [6.45, 7) is 1.39. The molecule has 1 aromatic rings. The molecule has 0 aliphatic carbocycles. The molecule has 17 heavy (non-hydrogen) atoms. The lowest BCUT2D eigenvalue weighted by molar-refractivity contribution is -0.121. The Morgan fingerprint density at radius 3 is 2.71 bits per heavy atom. The van der Waals surface area contributed by atoms with Crippen LogP contribution in [0.25, 0.3) is 0 Å². The van der Waals surface area contributed by atoms with Crippen molar-refractivity contribution in [2.75, 3.05) is 27.2 Å². The Labute approximate surface area is 101 Å². The molecule has 0 aliphatic heterocycles. The summed E-state index contributed by atoms with van der Waals surface area (Å²) in [6, 6.07) is 3.26. The van der Waals surface area contributed by atoms with Crippen LogP contribution in [0.15, 0.2) is 22.8 Å². The lowest BCUT2D eigenvalue weighted by atomic mass is 10.2. The molecule has 94 valence electrons. The number of carbonyl (C=O) groups is 2. The maximum absolute atomic E-state index is 11.5. The first-order valence-corrected chi connectivity index (χ1v) is 5.57. The van der Waals surface area contributed by atoms with E-state index < -0.39 is 0 Å². The van der Waals surface area contributed by atoms with Crippen LogP contribution in [0, 0.1) is 0 Å². The van der Waals surface area contributed by atoms with Crippen molar-refractivity contribution in [2.24, 2.45) is 0 Å². The van der Waals surface area contributed by atoms with Gasteiger partial charge in [0.1, 0.15) is 0 Å². The molecule has 1 N–H and O–H groups in total. The first kappa shape index (κ1) is 13.4. The topological polar surface area (TPSA) is 62.6 Å². The summed E-state index contributed by atoms with van der Waals surface area (Å²) >= 11 is 0. The molecule has 1 amide bonds. The van der Waals surface area contributed by atoms with E-state index in [1.165, 1.54) is 6.26 Å². The van der Waals surface area contributed by atoms with Crippen molar-refractivity contribution >= 4 is 11.7 Å². The van der Waals surface area contributed by atoms with Gasteiger partial charge in [0, 0.05) is 25.9 Å². The third-order valence-corrected chi connectivity index (χ3v) is 2.26. The zero-order valence-electron chi connectivity index (χ0n) is 10.2. The second-order valence-electron chi connectivity index (χ2n) is 4.05. The maximum atomic E-state index is 11.5. The number of hydrogen-bond acceptors (Lipinski definition) is 4. The van der Waals surface area contributed by atoms with Gasteiger partial charge in [0.2, 0.25) is 5.91 Å². The van der Waals surface area contributed by atoms with Crippen LogP contribution in [0.4, 0.5) is 0 Å². The molecule has 0 aromatic carbocycles. The van der Waals surface area contributed by atoms with Crippen LogP contribution >= 0.6 is 0 Å². The third-order valence-electron chi connectivity index (χ3n) is 2.26. The average molecular weight is 238 g/mol. The summed E-state index contributed by atoms with van der Waals surface area (Å²) in [5, 5.41) is 2.75. The first-order chi connectivity index (χ1) is 8.09. The van der Waals surface area contributed by atoms with E-state index in [1.807, 2.05) is 19.0 Å². The molecule has 0 saturated heterocycles. The van der Waals surface area contributed by atoms with Gasteiger partial charge in [0.05, 0.1) is 6.26 Å². The summed E-state index contributed by atoms with van der Waals surface area (Å²) < 4.78 is 4.95. The number of Topliss-reactive ketones (excluding diaryl/α,β-unsaturated/α-hetero) is 1. The predicted molar refractivity (Wildman–Crippen MR) is 63.8 cm³/mol. The van der Waals surface area contributed by atoms with Gasteiger partial charge in [0.25, 0.3) is 0 Å². The van der Waals surface area contributed by atoms with Crippen LogP contribution in [0.2, 0.25) is 0 Å². The quantitative estimate of drug-likeness (QED) is 0.717. The fraction of sp³-hybridized carbons (Fsp3) is 0.500. The summed E-state index contributed by atoms with van der Waals surface area (Å²) in [4.78, 5) is 24.9. The Bertz CT molecular complexity index is 358. The molecule has 0 saturated carbocycles. The molecule has 0 fully saturated rings. The summed E-state index contributed by atoms with van der Waals surface area (Å²) in [5.74, 6) is 0.0654. The monoisotopic (exact) mass is 238 g/mol. The van der Waals surface area contributed by atoms with Crippen molar-refractivity contribution in [3.8, 4) is 0 Å². The van der Waals surface area contributed by atoms with Gasteiger partial charge in [-0.3, -0.25) is 9.59 Å². The Morgan fingerprint density at radius 1 is 1.35 bits per heavy atom. The molecule has 0 atom stereocenters. The molecular formula is C12H18N2O3. The number of furan rings is 1. The molecule has 0 radical (unpaired) electrons. The van der Waals surface area contributed by atoms with Crippen molar-refractivity contribution in [3.05, 3.63) is 24.2 Å². The number of hydrogen-bond donors (Lipinski definition) is 1. The number of likely N-dealkylation sites (N-methyl/N-ethyl adjacent to an activating group) is 1. The lowest BCUT2D eigenvalue weighted by Gasteiger charge is -2.09. The number of ketones is 1. The second kappa shape index (κ2) is 6.85. The van der Waals surface area contributed by atoms with Gasteiger partial charge >= 0.3 is 0 Å². The largest absolute Gasteiger partial charge is 0.461 e. The normalized spacial score (nSPS) is 10.5. The highest BCUT2D eigenvalue weighted by atomic mass is 16.3. The van der Waals surface area contributed by atoms with Gasteiger partial charge in [-0.2, -0.15) is 0 Å². The molecule has 1 heterocycles. The highest BCUT2D eigenvalue weighted by molar-refractivity contribution is 5.95. The number of nitrogens with zero attached hydrogens (tertiary/aromatic N) is 1. The zero-order chi connectivity index (χ0) is 12.7. The number of rotatable bonds is 7. The summed E-state index contributed by atoms with van der Waals surface area (Å²) in [7, 11) is 3.87. The molecule has 1 rings (SSSR count). The third kappa shape index (κ3) is 5.31. The van der Waals surface area contributed by atoms with Crippen LogP contribution in [0.5, 0.6) is 0 Å². The van der Waals surface area contributed by atoms with E-state index in [1.54, 1.807) is 12.1 Å². The minimum Gasteiger partial charge on any atom is -0.461 e.